The molecule has 4 heteroatoms. The van der Waals surface area contributed by atoms with Gasteiger partial charge >= 0.3 is 0 Å². The lowest BCUT2D eigenvalue weighted by Crippen LogP contribution is -2.23. The summed E-state index contributed by atoms with van der Waals surface area (Å²) in [5, 5.41) is 10.0. The molecule has 1 atom stereocenters. The van der Waals surface area contributed by atoms with Gasteiger partial charge in [-0.25, -0.2) is 0 Å². The molecular weight excluding hydrogens is 260 g/mol. The van der Waals surface area contributed by atoms with E-state index < -0.39 is 5.60 Å². The van der Waals surface area contributed by atoms with Gasteiger partial charge in [0.2, 0.25) is 0 Å². The van der Waals surface area contributed by atoms with Crippen LogP contribution in [-0.2, 0) is 5.60 Å². The van der Waals surface area contributed by atoms with E-state index in [9.17, 15) is 5.11 Å². The summed E-state index contributed by atoms with van der Waals surface area (Å²) in [4.78, 5) is 0. The maximum Gasteiger partial charge on any atom is 0.161 e. The quantitative estimate of drug-likeness (QED) is 0.920. The highest BCUT2D eigenvalue weighted by atomic mass is 32.2. The van der Waals surface area contributed by atoms with Crippen LogP contribution in [0.3, 0.4) is 0 Å². The van der Waals surface area contributed by atoms with Crippen LogP contribution in [0.2, 0.25) is 0 Å². The first-order chi connectivity index (χ1) is 9.00. The van der Waals surface area contributed by atoms with Gasteiger partial charge in [0.1, 0.15) is 6.10 Å². The minimum atomic E-state index is -0.869. The fourth-order valence-corrected chi connectivity index (χ4v) is 3.16. The van der Waals surface area contributed by atoms with E-state index in [1.165, 1.54) is 12.2 Å². The van der Waals surface area contributed by atoms with Crippen molar-refractivity contribution in [3.63, 3.8) is 0 Å². The summed E-state index contributed by atoms with van der Waals surface area (Å²) >= 11 is 1.94. The SMILES string of the molecule is COc1cc(C(C)(C)O)ccc1OC1CCCSC1. The van der Waals surface area contributed by atoms with Crippen LogP contribution in [0.15, 0.2) is 18.2 Å². The highest BCUT2D eigenvalue weighted by Gasteiger charge is 2.21. The van der Waals surface area contributed by atoms with Gasteiger partial charge in [-0.05, 0) is 50.1 Å². The number of ether oxygens (including phenoxy) is 2. The van der Waals surface area contributed by atoms with Crippen LogP contribution in [-0.4, -0.2) is 29.8 Å². The average molecular weight is 282 g/mol. The van der Waals surface area contributed by atoms with Crippen molar-refractivity contribution in [3.05, 3.63) is 23.8 Å². The molecule has 1 fully saturated rings. The van der Waals surface area contributed by atoms with Gasteiger partial charge in [-0.3, -0.25) is 0 Å². The standard InChI is InChI=1S/C15H22O3S/c1-15(2,16)11-6-7-13(14(9-11)17-3)18-12-5-4-8-19-10-12/h6-7,9,12,16H,4-5,8,10H2,1-3H3. The lowest BCUT2D eigenvalue weighted by Gasteiger charge is -2.25. The van der Waals surface area contributed by atoms with Crippen molar-refractivity contribution < 1.29 is 14.6 Å². The van der Waals surface area contributed by atoms with Gasteiger partial charge in [0, 0.05) is 5.75 Å². The molecule has 0 saturated carbocycles. The number of hydrogen-bond donors (Lipinski definition) is 1. The molecule has 2 rings (SSSR count). The third-order valence-electron chi connectivity index (χ3n) is 3.28. The molecule has 1 heterocycles. The second kappa shape index (κ2) is 6.06. The molecule has 3 nitrogen and oxygen atoms in total. The first-order valence-electron chi connectivity index (χ1n) is 6.66. The second-order valence-corrected chi connectivity index (χ2v) is 6.53. The largest absolute Gasteiger partial charge is 0.493 e. The van der Waals surface area contributed by atoms with E-state index in [0.29, 0.717) is 5.75 Å². The normalized spacial score (nSPS) is 20.1. The summed E-state index contributed by atoms with van der Waals surface area (Å²) in [7, 11) is 1.63. The minimum Gasteiger partial charge on any atom is -0.493 e. The van der Waals surface area contributed by atoms with Gasteiger partial charge < -0.3 is 14.6 Å². The van der Waals surface area contributed by atoms with Gasteiger partial charge in [0.15, 0.2) is 11.5 Å². The lowest BCUT2D eigenvalue weighted by molar-refractivity contribution is 0.0781. The van der Waals surface area contributed by atoms with E-state index in [0.717, 1.165) is 23.5 Å². The Labute approximate surface area is 119 Å². The van der Waals surface area contributed by atoms with E-state index in [1.807, 2.05) is 30.0 Å². The van der Waals surface area contributed by atoms with Gasteiger partial charge in [0.05, 0.1) is 12.7 Å². The molecule has 19 heavy (non-hydrogen) atoms. The third kappa shape index (κ3) is 3.80. The number of benzene rings is 1. The first-order valence-corrected chi connectivity index (χ1v) is 7.81. The Balaban J connectivity index is 2.16. The summed E-state index contributed by atoms with van der Waals surface area (Å²) in [5.74, 6) is 3.73. The van der Waals surface area contributed by atoms with Crippen molar-refractivity contribution in [2.45, 2.75) is 38.4 Å². The van der Waals surface area contributed by atoms with E-state index in [4.69, 9.17) is 9.47 Å². The molecule has 0 aromatic heterocycles. The Kier molecular flexibility index (Phi) is 4.63. The molecule has 106 valence electrons. The third-order valence-corrected chi connectivity index (χ3v) is 4.47. The van der Waals surface area contributed by atoms with Crippen LogP contribution in [0.1, 0.15) is 32.3 Å². The molecule has 0 radical (unpaired) electrons. The zero-order valence-electron chi connectivity index (χ0n) is 11.8. The molecule has 1 unspecified atom stereocenters. The van der Waals surface area contributed by atoms with Crippen LogP contribution in [0.5, 0.6) is 11.5 Å². The van der Waals surface area contributed by atoms with E-state index in [-0.39, 0.29) is 6.10 Å². The summed E-state index contributed by atoms with van der Waals surface area (Å²) in [6, 6.07) is 5.64. The summed E-state index contributed by atoms with van der Waals surface area (Å²) in [5.41, 5.74) is -0.0401. The average Bonchev–Trinajstić information content (AvgIpc) is 2.39. The monoisotopic (exact) mass is 282 g/mol. The second-order valence-electron chi connectivity index (χ2n) is 5.38. The Morgan fingerprint density at radius 1 is 1.32 bits per heavy atom. The summed E-state index contributed by atoms with van der Waals surface area (Å²) < 4.78 is 11.4. The van der Waals surface area contributed by atoms with Crippen LogP contribution < -0.4 is 9.47 Å². The minimum absolute atomic E-state index is 0.264. The van der Waals surface area contributed by atoms with Gasteiger partial charge in [-0.2, -0.15) is 11.8 Å². The fourth-order valence-electron chi connectivity index (χ4n) is 2.13. The molecule has 0 bridgehead atoms. The van der Waals surface area contributed by atoms with E-state index in [2.05, 4.69) is 0 Å². The molecule has 1 aliphatic heterocycles. The number of thioether (sulfide) groups is 1. The van der Waals surface area contributed by atoms with Crippen LogP contribution >= 0.6 is 11.8 Å². The Bertz CT molecular complexity index is 420. The number of hydrogen-bond acceptors (Lipinski definition) is 4. The number of rotatable bonds is 4. The molecular formula is C15H22O3S. The maximum absolute atomic E-state index is 10.0. The Morgan fingerprint density at radius 2 is 2.11 bits per heavy atom. The predicted octanol–water partition coefficient (Wildman–Crippen LogP) is 3.20. The van der Waals surface area contributed by atoms with Crippen molar-refractivity contribution >= 4 is 11.8 Å². The molecule has 0 aliphatic carbocycles. The van der Waals surface area contributed by atoms with Gasteiger partial charge in [0.25, 0.3) is 0 Å². The van der Waals surface area contributed by atoms with Crippen LogP contribution in [0, 0.1) is 0 Å². The van der Waals surface area contributed by atoms with E-state index in [1.54, 1.807) is 21.0 Å². The maximum atomic E-state index is 10.0. The fraction of sp³-hybridized carbons (Fsp3) is 0.600. The molecule has 1 saturated heterocycles. The van der Waals surface area contributed by atoms with Crippen molar-refractivity contribution in [2.75, 3.05) is 18.6 Å². The number of methoxy groups -OCH3 is 1. The summed E-state index contributed by atoms with van der Waals surface area (Å²) in [6.45, 7) is 3.53. The molecule has 0 amide bonds. The van der Waals surface area contributed by atoms with E-state index >= 15 is 0 Å². The van der Waals surface area contributed by atoms with Gasteiger partial charge in [-0.15, -0.1) is 0 Å². The molecule has 1 aromatic rings. The molecule has 1 N–H and O–H groups in total. The predicted molar refractivity (Wildman–Crippen MR) is 79.2 cm³/mol. The van der Waals surface area contributed by atoms with Crippen molar-refractivity contribution in [1.82, 2.24) is 0 Å². The van der Waals surface area contributed by atoms with Crippen molar-refractivity contribution in [2.24, 2.45) is 0 Å². The summed E-state index contributed by atoms with van der Waals surface area (Å²) in [6.07, 6.45) is 2.57. The highest BCUT2D eigenvalue weighted by Crippen LogP contribution is 2.34. The van der Waals surface area contributed by atoms with Crippen LogP contribution in [0.25, 0.3) is 0 Å². The smallest absolute Gasteiger partial charge is 0.161 e. The Morgan fingerprint density at radius 3 is 2.68 bits per heavy atom. The Hall–Kier alpha value is -0.870. The number of aliphatic hydroxyl groups is 1. The molecule has 0 spiro atoms. The first kappa shape index (κ1) is 14.5. The molecule has 1 aliphatic rings. The van der Waals surface area contributed by atoms with Gasteiger partial charge in [-0.1, -0.05) is 6.07 Å². The zero-order chi connectivity index (χ0) is 13.9. The van der Waals surface area contributed by atoms with Crippen molar-refractivity contribution in [1.29, 1.82) is 0 Å². The topological polar surface area (TPSA) is 38.7 Å². The lowest BCUT2D eigenvalue weighted by atomic mass is 9.98. The van der Waals surface area contributed by atoms with Crippen molar-refractivity contribution in [3.8, 4) is 11.5 Å². The molecule has 1 aromatic carbocycles. The highest BCUT2D eigenvalue weighted by molar-refractivity contribution is 7.99. The van der Waals surface area contributed by atoms with Crippen LogP contribution in [0.4, 0.5) is 0 Å². The zero-order valence-corrected chi connectivity index (χ0v) is 12.6.